The van der Waals surface area contributed by atoms with Crippen molar-refractivity contribution in [2.24, 2.45) is 0 Å². The summed E-state index contributed by atoms with van der Waals surface area (Å²) in [4.78, 5) is 29.6. The van der Waals surface area contributed by atoms with Gasteiger partial charge in [-0.05, 0) is 36.8 Å². The average Bonchev–Trinajstić information content (AvgIpc) is 3.09. The number of Topliss-reactive ketones (excluding diaryl/α,β-unsaturated/α-hetero) is 1. The molecule has 1 unspecified atom stereocenters. The Bertz CT molecular complexity index is 1050. The van der Waals surface area contributed by atoms with Crippen molar-refractivity contribution >= 4 is 17.4 Å². The number of rotatable bonds is 7. The molecule has 0 bridgehead atoms. The predicted octanol–water partition coefficient (Wildman–Crippen LogP) is 2.98. The molecular weight excluding hydrogens is 427 g/mol. The number of carbonyl (C=O) groups is 2. The van der Waals surface area contributed by atoms with Crippen LogP contribution in [-0.4, -0.2) is 73.1 Å². The van der Waals surface area contributed by atoms with Crippen molar-refractivity contribution in [1.29, 1.82) is 0 Å². The number of aliphatic hydroxyl groups is 1. The zero-order valence-corrected chi connectivity index (χ0v) is 18.5. The highest BCUT2D eigenvalue weighted by Gasteiger charge is 2.46. The van der Waals surface area contributed by atoms with Crippen molar-refractivity contribution in [3.05, 3.63) is 71.0 Å². The molecule has 7 nitrogen and oxygen atoms in total. The third kappa shape index (κ3) is 4.77. The molecule has 2 aliphatic heterocycles. The number of morpholine rings is 1. The average molecular weight is 454 g/mol. The molecule has 1 N–H and O–H groups in total. The molecule has 2 fully saturated rings. The van der Waals surface area contributed by atoms with E-state index in [1.807, 2.05) is 0 Å². The van der Waals surface area contributed by atoms with Gasteiger partial charge in [0.2, 0.25) is 0 Å². The number of halogens is 1. The Hall–Kier alpha value is -3.23. The molecule has 2 heterocycles. The minimum absolute atomic E-state index is 0.110. The Balaban J connectivity index is 1.67. The van der Waals surface area contributed by atoms with E-state index < -0.39 is 23.5 Å². The molecule has 4 rings (SSSR count). The third-order valence-electron chi connectivity index (χ3n) is 6.08. The van der Waals surface area contributed by atoms with Crippen molar-refractivity contribution in [3.8, 4) is 5.75 Å². The normalized spacial score (nSPS) is 20.9. The highest BCUT2D eigenvalue weighted by Crippen LogP contribution is 2.40. The van der Waals surface area contributed by atoms with Crippen molar-refractivity contribution in [3.63, 3.8) is 0 Å². The zero-order chi connectivity index (χ0) is 23.4. The number of aliphatic hydroxyl groups excluding tert-OH is 1. The van der Waals surface area contributed by atoms with E-state index >= 15 is 0 Å². The summed E-state index contributed by atoms with van der Waals surface area (Å²) < 4.78 is 25.3. The first kappa shape index (κ1) is 22.9. The number of nitrogens with zero attached hydrogens (tertiary/aromatic N) is 2. The van der Waals surface area contributed by atoms with E-state index in [-0.39, 0.29) is 23.4 Å². The quantitative estimate of drug-likeness (QED) is 0.394. The van der Waals surface area contributed by atoms with E-state index in [1.165, 1.54) is 18.1 Å². The molecule has 1 atom stereocenters. The molecule has 2 saturated heterocycles. The maximum atomic E-state index is 14.8. The van der Waals surface area contributed by atoms with Crippen LogP contribution >= 0.6 is 0 Å². The van der Waals surface area contributed by atoms with Crippen LogP contribution in [0.5, 0.6) is 5.75 Å². The van der Waals surface area contributed by atoms with E-state index in [4.69, 9.17) is 9.47 Å². The summed E-state index contributed by atoms with van der Waals surface area (Å²) in [7, 11) is 1.52. The zero-order valence-electron chi connectivity index (χ0n) is 18.5. The Morgan fingerprint density at radius 3 is 2.45 bits per heavy atom. The molecular formula is C25H27FN2O5. The van der Waals surface area contributed by atoms with Crippen molar-refractivity contribution in [2.75, 3.05) is 46.5 Å². The predicted molar refractivity (Wildman–Crippen MR) is 120 cm³/mol. The highest BCUT2D eigenvalue weighted by atomic mass is 19.1. The van der Waals surface area contributed by atoms with Gasteiger partial charge in [-0.25, -0.2) is 4.39 Å². The molecule has 0 aliphatic carbocycles. The smallest absolute Gasteiger partial charge is 0.295 e. The lowest BCUT2D eigenvalue weighted by Gasteiger charge is -2.29. The summed E-state index contributed by atoms with van der Waals surface area (Å²) in [5, 5.41) is 11.0. The Morgan fingerprint density at radius 2 is 1.79 bits per heavy atom. The molecule has 0 spiro atoms. The fourth-order valence-electron chi connectivity index (χ4n) is 4.32. The fraction of sp³-hybridized carbons (Fsp3) is 0.360. The van der Waals surface area contributed by atoms with Gasteiger partial charge < -0.3 is 19.5 Å². The summed E-state index contributed by atoms with van der Waals surface area (Å²) in [5.41, 5.74) is 0.420. The molecule has 33 heavy (non-hydrogen) atoms. The number of ketones is 1. The molecule has 8 heteroatoms. The van der Waals surface area contributed by atoms with Crippen LogP contribution in [0.4, 0.5) is 4.39 Å². The highest BCUT2D eigenvalue weighted by molar-refractivity contribution is 6.46. The van der Waals surface area contributed by atoms with Crippen LogP contribution in [0.3, 0.4) is 0 Å². The van der Waals surface area contributed by atoms with Crippen molar-refractivity contribution < 1.29 is 28.6 Å². The van der Waals surface area contributed by atoms with Gasteiger partial charge in [0.15, 0.2) is 0 Å². The van der Waals surface area contributed by atoms with Crippen LogP contribution < -0.4 is 4.74 Å². The van der Waals surface area contributed by atoms with E-state index in [0.29, 0.717) is 30.9 Å². The van der Waals surface area contributed by atoms with Gasteiger partial charge in [-0.2, -0.15) is 0 Å². The first-order chi connectivity index (χ1) is 16.0. The standard InChI is InChI=1S/C25H27FN2O5/c1-32-18-9-7-17(8-10-18)23(29)21-22(19-5-2-3-6-20(19)26)28(25(31)24(21)30)12-4-11-27-13-15-33-16-14-27/h2-3,5-10,22,29H,4,11-16H2,1H3/b23-21+. The SMILES string of the molecule is COc1ccc(/C(O)=C2\C(=O)C(=O)N(CCCN3CCOCC3)C2c2ccccc2F)cc1. The molecule has 2 aromatic carbocycles. The Kier molecular flexibility index (Phi) is 7.05. The number of likely N-dealkylation sites (tertiary alicyclic amines) is 1. The van der Waals surface area contributed by atoms with Crippen LogP contribution in [0, 0.1) is 5.82 Å². The van der Waals surface area contributed by atoms with E-state index in [2.05, 4.69) is 4.90 Å². The van der Waals surface area contributed by atoms with E-state index in [0.717, 1.165) is 19.6 Å². The summed E-state index contributed by atoms with van der Waals surface area (Å²) in [6, 6.07) is 11.5. The molecule has 0 radical (unpaired) electrons. The maximum Gasteiger partial charge on any atom is 0.295 e. The molecule has 1 amide bonds. The monoisotopic (exact) mass is 454 g/mol. The number of carbonyl (C=O) groups excluding carboxylic acids is 2. The van der Waals surface area contributed by atoms with Gasteiger partial charge >= 0.3 is 0 Å². The number of amides is 1. The van der Waals surface area contributed by atoms with Gasteiger partial charge in [0, 0.05) is 37.3 Å². The van der Waals surface area contributed by atoms with Gasteiger partial charge in [-0.3, -0.25) is 14.5 Å². The van der Waals surface area contributed by atoms with Gasteiger partial charge in [-0.15, -0.1) is 0 Å². The van der Waals surface area contributed by atoms with Crippen LogP contribution in [0.15, 0.2) is 54.1 Å². The summed E-state index contributed by atoms with van der Waals surface area (Å²) in [6.45, 7) is 3.96. The maximum absolute atomic E-state index is 14.8. The second-order valence-electron chi connectivity index (χ2n) is 8.05. The topological polar surface area (TPSA) is 79.3 Å². The number of methoxy groups -OCH3 is 1. The summed E-state index contributed by atoms with van der Waals surface area (Å²) in [6.07, 6.45) is 0.612. The number of benzene rings is 2. The van der Waals surface area contributed by atoms with Crippen LogP contribution in [-0.2, 0) is 14.3 Å². The van der Waals surface area contributed by atoms with Crippen LogP contribution in [0.2, 0.25) is 0 Å². The minimum Gasteiger partial charge on any atom is -0.507 e. The lowest BCUT2D eigenvalue weighted by Crippen LogP contribution is -2.39. The number of hydrogen-bond acceptors (Lipinski definition) is 6. The largest absolute Gasteiger partial charge is 0.507 e. The molecule has 2 aromatic rings. The second-order valence-corrected chi connectivity index (χ2v) is 8.05. The number of ether oxygens (including phenoxy) is 2. The fourth-order valence-corrected chi connectivity index (χ4v) is 4.32. The third-order valence-corrected chi connectivity index (χ3v) is 6.08. The van der Waals surface area contributed by atoms with Crippen LogP contribution in [0.25, 0.3) is 5.76 Å². The lowest BCUT2D eigenvalue weighted by atomic mass is 9.95. The van der Waals surface area contributed by atoms with Gasteiger partial charge in [0.1, 0.15) is 17.3 Å². The van der Waals surface area contributed by atoms with E-state index in [1.54, 1.807) is 42.5 Å². The molecule has 0 aromatic heterocycles. The minimum atomic E-state index is -1.00. The first-order valence-corrected chi connectivity index (χ1v) is 11.0. The summed E-state index contributed by atoms with van der Waals surface area (Å²) in [5.74, 6) is -1.84. The Labute approximate surface area is 192 Å². The summed E-state index contributed by atoms with van der Waals surface area (Å²) >= 11 is 0. The van der Waals surface area contributed by atoms with Gasteiger partial charge in [0.25, 0.3) is 11.7 Å². The van der Waals surface area contributed by atoms with Gasteiger partial charge in [-0.1, -0.05) is 18.2 Å². The van der Waals surface area contributed by atoms with E-state index in [9.17, 15) is 19.1 Å². The molecule has 174 valence electrons. The Morgan fingerprint density at radius 1 is 1.09 bits per heavy atom. The van der Waals surface area contributed by atoms with Crippen molar-refractivity contribution in [2.45, 2.75) is 12.5 Å². The van der Waals surface area contributed by atoms with Gasteiger partial charge in [0.05, 0.1) is 31.9 Å². The molecule has 2 aliphatic rings. The van der Waals surface area contributed by atoms with Crippen molar-refractivity contribution in [1.82, 2.24) is 9.80 Å². The lowest BCUT2D eigenvalue weighted by molar-refractivity contribution is -0.140. The molecule has 0 saturated carbocycles. The second kappa shape index (κ2) is 10.1. The first-order valence-electron chi connectivity index (χ1n) is 11.0. The van der Waals surface area contributed by atoms with Crippen LogP contribution in [0.1, 0.15) is 23.6 Å². The number of hydrogen-bond donors (Lipinski definition) is 1.